The lowest BCUT2D eigenvalue weighted by molar-refractivity contribution is 0.311. The van der Waals surface area contributed by atoms with Crippen LogP contribution in [0.25, 0.3) is 23.0 Å². The van der Waals surface area contributed by atoms with E-state index in [0.717, 1.165) is 5.56 Å². The van der Waals surface area contributed by atoms with E-state index in [4.69, 9.17) is 13.9 Å². The van der Waals surface area contributed by atoms with E-state index >= 15 is 0 Å². The number of halogens is 1. The third-order valence-corrected chi connectivity index (χ3v) is 3.44. The second kappa shape index (κ2) is 6.23. The van der Waals surface area contributed by atoms with Crippen LogP contribution in [0.4, 0.5) is 0 Å². The average molecular weight is 364 g/mol. The van der Waals surface area contributed by atoms with Gasteiger partial charge in [0.15, 0.2) is 33.6 Å². The number of hydrogen-bond acceptors (Lipinski definition) is 5. The molecular weight excluding hydrogens is 350 g/mol. The molecule has 0 aliphatic heterocycles. The quantitative estimate of drug-likeness (QED) is 0.743. The van der Waals surface area contributed by atoms with Crippen LogP contribution in [0.1, 0.15) is 6.92 Å². The van der Waals surface area contributed by atoms with Gasteiger partial charge in [0, 0.05) is 5.56 Å². The van der Waals surface area contributed by atoms with Crippen LogP contribution >= 0.6 is 15.9 Å². The van der Waals surface area contributed by atoms with Crippen molar-refractivity contribution in [1.29, 1.82) is 0 Å². The fraction of sp³-hybridized carbons (Fsp3) is 0.200. The Balaban J connectivity index is 1.94. The molecule has 3 rings (SSSR count). The van der Waals surface area contributed by atoms with Gasteiger partial charge in [-0.25, -0.2) is 4.98 Å². The molecular formula is C15H14BrN3O3. The number of nitrogens with zero attached hydrogens (tertiary/aromatic N) is 2. The van der Waals surface area contributed by atoms with Crippen molar-refractivity contribution in [2.75, 3.05) is 13.7 Å². The fourth-order valence-corrected chi connectivity index (χ4v) is 2.33. The van der Waals surface area contributed by atoms with Crippen LogP contribution in [0.15, 0.2) is 39.4 Å². The summed E-state index contributed by atoms with van der Waals surface area (Å²) < 4.78 is 16.9. The number of benzene rings is 1. The van der Waals surface area contributed by atoms with Crippen LogP contribution in [-0.4, -0.2) is 28.9 Å². The van der Waals surface area contributed by atoms with E-state index in [0.29, 0.717) is 40.2 Å². The number of furan rings is 1. The minimum absolute atomic E-state index is 0.555. The van der Waals surface area contributed by atoms with E-state index in [1.165, 1.54) is 0 Å². The number of ether oxygens (including phenoxy) is 2. The summed E-state index contributed by atoms with van der Waals surface area (Å²) >= 11 is 3.26. The van der Waals surface area contributed by atoms with Gasteiger partial charge >= 0.3 is 0 Å². The minimum Gasteiger partial charge on any atom is -0.493 e. The molecule has 2 heterocycles. The van der Waals surface area contributed by atoms with Crippen molar-refractivity contribution in [1.82, 2.24) is 15.2 Å². The molecule has 0 atom stereocenters. The first-order chi connectivity index (χ1) is 10.7. The second-order valence-corrected chi connectivity index (χ2v) is 5.19. The second-order valence-electron chi connectivity index (χ2n) is 4.41. The predicted molar refractivity (Wildman–Crippen MR) is 84.9 cm³/mol. The molecule has 0 unspecified atom stereocenters. The third-order valence-electron chi connectivity index (χ3n) is 3.01. The van der Waals surface area contributed by atoms with Crippen molar-refractivity contribution >= 4 is 15.9 Å². The maximum absolute atomic E-state index is 5.57. The number of nitrogens with one attached hydrogen (secondary N) is 1. The fourth-order valence-electron chi connectivity index (χ4n) is 2.03. The monoisotopic (exact) mass is 363 g/mol. The zero-order valence-corrected chi connectivity index (χ0v) is 13.7. The van der Waals surface area contributed by atoms with Crippen LogP contribution in [0, 0.1) is 0 Å². The minimum atomic E-state index is 0.555. The molecule has 22 heavy (non-hydrogen) atoms. The molecule has 0 aliphatic rings. The van der Waals surface area contributed by atoms with Gasteiger partial charge in [0.05, 0.1) is 13.7 Å². The Morgan fingerprint density at radius 2 is 2.09 bits per heavy atom. The Morgan fingerprint density at radius 3 is 2.77 bits per heavy atom. The maximum atomic E-state index is 5.57. The summed E-state index contributed by atoms with van der Waals surface area (Å²) in [4.78, 5) is 4.44. The number of aromatic amines is 1. The van der Waals surface area contributed by atoms with E-state index < -0.39 is 0 Å². The average Bonchev–Trinajstić information content (AvgIpc) is 3.16. The SMILES string of the molecule is CCOc1cc(-c2n[nH]c(-c3ccc(Br)o3)n2)ccc1OC. The first kappa shape index (κ1) is 14.6. The molecule has 114 valence electrons. The summed E-state index contributed by atoms with van der Waals surface area (Å²) in [5.74, 6) is 3.08. The Kier molecular flexibility index (Phi) is 4.15. The summed E-state index contributed by atoms with van der Waals surface area (Å²) in [6, 6.07) is 9.19. The largest absolute Gasteiger partial charge is 0.493 e. The van der Waals surface area contributed by atoms with E-state index in [1.54, 1.807) is 13.2 Å². The normalized spacial score (nSPS) is 10.7. The third kappa shape index (κ3) is 2.85. The van der Waals surface area contributed by atoms with Crippen LogP contribution in [0.3, 0.4) is 0 Å². The lowest BCUT2D eigenvalue weighted by Gasteiger charge is -2.09. The lowest BCUT2D eigenvalue weighted by atomic mass is 10.2. The summed E-state index contributed by atoms with van der Waals surface area (Å²) in [5, 5.41) is 7.09. The zero-order valence-electron chi connectivity index (χ0n) is 12.1. The Bertz CT molecular complexity index is 782. The first-order valence-corrected chi connectivity index (χ1v) is 7.50. The highest BCUT2D eigenvalue weighted by molar-refractivity contribution is 9.10. The lowest BCUT2D eigenvalue weighted by Crippen LogP contribution is -1.96. The van der Waals surface area contributed by atoms with Gasteiger partial charge in [-0.3, -0.25) is 5.10 Å². The van der Waals surface area contributed by atoms with Gasteiger partial charge in [0.1, 0.15) is 0 Å². The van der Waals surface area contributed by atoms with Gasteiger partial charge in [-0.1, -0.05) is 0 Å². The van der Waals surface area contributed by atoms with Crippen molar-refractivity contribution in [3.8, 4) is 34.5 Å². The van der Waals surface area contributed by atoms with Crippen LogP contribution in [0.2, 0.25) is 0 Å². The van der Waals surface area contributed by atoms with Gasteiger partial charge in [-0.2, -0.15) is 5.10 Å². The molecule has 0 aliphatic carbocycles. The van der Waals surface area contributed by atoms with E-state index in [2.05, 4.69) is 31.1 Å². The molecule has 0 saturated carbocycles. The summed E-state index contributed by atoms with van der Waals surface area (Å²) in [6.07, 6.45) is 0. The standard InChI is InChI=1S/C15H14BrN3O3/c1-3-21-12-8-9(4-5-10(12)20-2)14-17-15(19-18-14)11-6-7-13(16)22-11/h4-8H,3H2,1-2H3,(H,17,18,19). The van der Waals surface area contributed by atoms with E-state index in [9.17, 15) is 0 Å². The summed E-state index contributed by atoms with van der Waals surface area (Å²) in [5.41, 5.74) is 0.831. The van der Waals surface area contributed by atoms with Gasteiger partial charge in [-0.15, -0.1) is 0 Å². The van der Waals surface area contributed by atoms with Crippen molar-refractivity contribution in [2.24, 2.45) is 0 Å². The van der Waals surface area contributed by atoms with Crippen LogP contribution in [0.5, 0.6) is 11.5 Å². The maximum Gasteiger partial charge on any atom is 0.192 e. The molecule has 0 spiro atoms. The molecule has 6 nitrogen and oxygen atoms in total. The molecule has 0 radical (unpaired) electrons. The molecule has 3 aromatic rings. The molecule has 1 aromatic carbocycles. The Hall–Kier alpha value is -2.28. The van der Waals surface area contributed by atoms with Crippen LogP contribution in [-0.2, 0) is 0 Å². The number of H-pyrrole nitrogens is 1. The Morgan fingerprint density at radius 1 is 1.23 bits per heavy atom. The highest BCUT2D eigenvalue weighted by Gasteiger charge is 2.13. The van der Waals surface area contributed by atoms with Crippen molar-refractivity contribution in [3.05, 3.63) is 35.0 Å². The summed E-state index contributed by atoms with van der Waals surface area (Å²) in [7, 11) is 1.61. The van der Waals surface area contributed by atoms with Crippen LogP contribution < -0.4 is 9.47 Å². The molecule has 2 aromatic heterocycles. The van der Waals surface area contributed by atoms with Crippen molar-refractivity contribution in [2.45, 2.75) is 6.92 Å². The Labute approximate surface area is 135 Å². The first-order valence-electron chi connectivity index (χ1n) is 6.70. The molecule has 0 amide bonds. The van der Waals surface area contributed by atoms with Gasteiger partial charge in [0.2, 0.25) is 0 Å². The number of rotatable bonds is 5. The van der Waals surface area contributed by atoms with E-state index in [1.807, 2.05) is 31.2 Å². The topological polar surface area (TPSA) is 73.2 Å². The van der Waals surface area contributed by atoms with E-state index in [-0.39, 0.29) is 0 Å². The van der Waals surface area contributed by atoms with Crippen molar-refractivity contribution < 1.29 is 13.9 Å². The van der Waals surface area contributed by atoms with Crippen molar-refractivity contribution in [3.63, 3.8) is 0 Å². The zero-order chi connectivity index (χ0) is 15.5. The molecule has 0 saturated heterocycles. The summed E-state index contributed by atoms with van der Waals surface area (Å²) in [6.45, 7) is 2.48. The number of hydrogen-bond donors (Lipinski definition) is 1. The number of aromatic nitrogens is 3. The molecule has 7 heteroatoms. The molecule has 0 bridgehead atoms. The number of methoxy groups -OCH3 is 1. The molecule has 0 fully saturated rings. The predicted octanol–water partition coefficient (Wildman–Crippen LogP) is 3.90. The highest BCUT2D eigenvalue weighted by Crippen LogP contribution is 2.32. The van der Waals surface area contributed by atoms with Gasteiger partial charge in [-0.05, 0) is 53.2 Å². The highest BCUT2D eigenvalue weighted by atomic mass is 79.9. The van der Waals surface area contributed by atoms with Gasteiger partial charge in [0.25, 0.3) is 0 Å². The van der Waals surface area contributed by atoms with Gasteiger partial charge < -0.3 is 13.9 Å². The smallest absolute Gasteiger partial charge is 0.192 e. The molecule has 1 N–H and O–H groups in total.